The van der Waals surface area contributed by atoms with Crippen molar-refractivity contribution in [3.05, 3.63) is 72.6 Å². The summed E-state index contributed by atoms with van der Waals surface area (Å²) in [5, 5.41) is 2.45. The van der Waals surface area contributed by atoms with Gasteiger partial charge in [-0.25, -0.2) is 31.5 Å². The topological polar surface area (TPSA) is 135 Å². The molecule has 0 fully saturated rings. The van der Waals surface area contributed by atoms with Crippen molar-refractivity contribution in [1.29, 1.82) is 0 Å². The van der Waals surface area contributed by atoms with Crippen molar-refractivity contribution in [2.75, 3.05) is 15.8 Å². The quantitative estimate of drug-likeness (QED) is 0.566. The van der Waals surface area contributed by atoms with Gasteiger partial charge in [0.2, 0.25) is 11.9 Å². The third-order valence-corrected chi connectivity index (χ3v) is 6.87. The Kier molecular flexibility index (Phi) is 6.13. The van der Waals surface area contributed by atoms with E-state index in [1.54, 1.807) is 31.2 Å². The molecular formula is C19H18N4O5S2. The fourth-order valence-electron chi connectivity index (χ4n) is 2.48. The van der Waals surface area contributed by atoms with E-state index in [0.717, 1.165) is 0 Å². The van der Waals surface area contributed by atoms with Gasteiger partial charge in [0.15, 0.2) is 9.84 Å². The highest BCUT2D eigenvalue weighted by Gasteiger charge is 2.20. The minimum atomic E-state index is -3.92. The number of carbonyl (C=O) groups is 1. The van der Waals surface area contributed by atoms with E-state index in [4.69, 9.17) is 0 Å². The molecule has 0 spiro atoms. The van der Waals surface area contributed by atoms with Crippen molar-refractivity contribution in [3.8, 4) is 0 Å². The third-order valence-electron chi connectivity index (χ3n) is 3.89. The van der Waals surface area contributed by atoms with Gasteiger partial charge in [0.25, 0.3) is 10.0 Å². The molecular weight excluding hydrogens is 428 g/mol. The number of aryl methyl sites for hydroxylation is 1. The summed E-state index contributed by atoms with van der Waals surface area (Å²) in [5.74, 6) is -1.53. The lowest BCUT2D eigenvalue weighted by Crippen LogP contribution is -2.23. The molecule has 0 radical (unpaired) electrons. The Morgan fingerprint density at radius 1 is 0.900 bits per heavy atom. The average molecular weight is 447 g/mol. The third kappa shape index (κ3) is 5.39. The molecule has 0 saturated carbocycles. The number of anilines is 2. The SMILES string of the molecule is Cc1ccnc(NS(=O)(=O)c2ccc(NC(=O)CS(=O)(=O)c3ccccc3)cc2)n1. The minimum Gasteiger partial charge on any atom is -0.325 e. The van der Waals surface area contributed by atoms with E-state index in [1.165, 1.54) is 42.6 Å². The highest BCUT2D eigenvalue weighted by Crippen LogP contribution is 2.17. The number of hydrogen-bond donors (Lipinski definition) is 2. The second-order valence-corrected chi connectivity index (χ2v) is 9.94. The van der Waals surface area contributed by atoms with E-state index < -0.39 is 31.5 Å². The summed E-state index contributed by atoms with van der Waals surface area (Å²) < 4.78 is 51.6. The molecule has 9 nitrogen and oxygen atoms in total. The molecule has 1 amide bonds. The summed E-state index contributed by atoms with van der Waals surface area (Å²) in [6.45, 7) is 1.70. The number of benzene rings is 2. The van der Waals surface area contributed by atoms with Crippen LogP contribution in [0.4, 0.5) is 11.6 Å². The average Bonchev–Trinajstić information content (AvgIpc) is 2.68. The van der Waals surface area contributed by atoms with Crippen LogP contribution < -0.4 is 10.0 Å². The van der Waals surface area contributed by atoms with Crippen molar-refractivity contribution in [3.63, 3.8) is 0 Å². The summed E-state index contributed by atoms with van der Waals surface area (Å²) in [6, 6.07) is 14.5. The molecule has 1 aromatic heterocycles. The number of aromatic nitrogens is 2. The van der Waals surface area contributed by atoms with Gasteiger partial charge in [-0.05, 0) is 49.4 Å². The molecule has 30 heavy (non-hydrogen) atoms. The molecule has 0 atom stereocenters. The molecule has 3 rings (SSSR count). The number of nitrogens with one attached hydrogen (secondary N) is 2. The number of amides is 1. The number of carbonyl (C=O) groups excluding carboxylic acids is 1. The van der Waals surface area contributed by atoms with Crippen LogP contribution in [0.15, 0.2) is 76.7 Å². The van der Waals surface area contributed by atoms with Gasteiger partial charge in [-0.2, -0.15) is 0 Å². The van der Waals surface area contributed by atoms with Crippen molar-refractivity contribution in [2.45, 2.75) is 16.7 Å². The van der Waals surface area contributed by atoms with E-state index in [9.17, 15) is 21.6 Å². The molecule has 2 aromatic carbocycles. The molecule has 3 aromatic rings. The second kappa shape index (κ2) is 8.59. The Morgan fingerprint density at radius 3 is 2.20 bits per heavy atom. The lowest BCUT2D eigenvalue weighted by molar-refractivity contribution is -0.113. The largest absolute Gasteiger partial charge is 0.325 e. The second-order valence-electron chi connectivity index (χ2n) is 6.27. The zero-order valence-electron chi connectivity index (χ0n) is 15.8. The molecule has 1 heterocycles. The first-order valence-corrected chi connectivity index (χ1v) is 11.8. The van der Waals surface area contributed by atoms with Gasteiger partial charge in [-0.3, -0.25) is 4.79 Å². The van der Waals surface area contributed by atoms with Crippen molar-refractivity contribution in [1.82, 2.24) is 9.97 Å². The minimum absolute atomic E-state index is 0.0473. The van der Waals surface area contributed by atoms with Crippen LogP contribution in [-0.4, -0.2) is 38.5 Å². The maximum Gasteiger partial charge on any atom is 0.264 e. The smallest absolute Gasteiger partial charge is 0.264 e. The van der Waals surface area contributed by atoms with Crippen molar-refractivity contribution >= 4 is 37.4 Å². The lowest BCUT2D eigenvalue weighted by Gasteiger charge is -2.09. The summed E-state index contributed by atoms with van der Waals surface area (Å²) in [6.07, 6.45) is 1.43. The van der Waals surface area contributed by atoms with Crippen molar-refractivity contribution < 1.29 is 21.6 Å². The normalized spacial score (nSPS) is 11.6. The van der Waals surface area contributed by atoms with Crippen molar-refractivity contribution in [2.24, 2.45) is 0 Å². The van der Waals surface area contributed by atoms with Crippen LogP contribution in [0.5, 0.6) is 0 Å². The van der Waals surface area contributed by atoms with E-state index in [2.05, 4.69) is 20.0 Å². The van der Waals surface area contributed by atoms with Crippen LogP contribution in [0, 0.1) is 6.92 Å². The number of sulfone groups is 1. The fraction of sp³-hybridized carbons (Fsp3) is 0.105. The monoisotopic (exact) mass is 446 g/mol. The van der Waals surface area contributed by atoms with Gasteiger partial charge < -0.3 is 5.32 Å². The number of hydrogen-bond acceptors (Lipinski definition) is 7. The lowest BCUT2D eigenvalue weighted by atomic mass is 10.3. The van der Waals surface area contributed by atoms with Gasteiger partial charge >= 0.3 is 0 Å². The summed E-state index contributed by atoms with van der Waals surface area (Å²) in [4.78, 5) is 19.9. The van der Waals surface area contributed by atoms with Crippen LogP contribution in [0.3, 0.4) is 0 Å². The number of nitrogens with zero attached hydrogens (tertiary/aromatic N) is 2. The molecule has 0 aliphatic heterocycles. The molecule has 2 N–H and O–H groups in total. The fourth-order valence-corrected chi connectivity index (χ4v) is 4.58. The van der Waals surface area contributed by atoms with Crippen LogP contribution in [-0.2, 0) is 24.7 Å². The molecule has 0 aliphatic rings. The first-order valence-electron chi connectivity index (χ1n) is 8.66. The molecule has 0 unspecified atom stereocenters. The van der Waals surface area contributed by atoms with Gasteiger partial charge in [-0.15, -0.1) is 0 Å². The predicted octanol–water partition coefficient (Wildman–Crippen LogP) is 2.00. The van der Waals surface area contributed by atoms with E-state index in [0.29, 0.717) is 5.69 Å². The van der Waals surface area contributed by atoms with E-state index in [1.807, 2.05) is 0 Å². The summed E-state index contributed by atoms with van der Waals surface area (Å²) >= 11 is 0. The predicted molar refractivity (Wildman–Crippen MR) is 111 cm³/mol. The number of sulfonamides is 1. The Bertz CT molecular complexity index is 1260. The van der Waals surface area contributed by atoms with Crippen LogP contribution in [0.25, 0.3) is 0 Å². The summed E-state index contributed by atoms with van der Waals surface area (Å²) in [7, 11) is -7.70. The van der Waals surface area contributed by atoms with E-state index in [-0.39, 0.29) is 21.4 Å². The van der Waals surface area contributed by atoms with Gasteiger partial charge in [0.05, 0.1) is 9.79 Å². The van der Waals surface area contributed by atoms with Crippen LogP contribution in [0.1, 0.15) is 5.69 Å². The van der Waals surface area contributed by atoms with Gasteiger partial charge in [-0.1, -0.05) is 18.2 Å². The Hall–Kier alpha value is -3.31. The molecule has 0 bridgehead atoms. The standard InChI is InChI=1S/C19H18N4O5S2/c1-14-11-12-20-19(21-14)23-30(27,28)17-9-7-15(8-10-17)22-18(24)13-29(25,26)16-5-3-2-4-6-16/h2-12H,13H2,1H3,(H,22,24)(H,20,21,23). The Labute approximate surface area is 174 Å². The zero-order valence-corrected chi connectivity index (χ0v) is 17.4. The Balaban J connectivity index is 1.67. The van der Waals surface area contributed by atoms with Crippen LogP contribution in [0.2, 0.25) is 0 Å². The molecule has 11 heteroatoms. The van der Waals surface area contributed by atoms with E-state index >= 15 is 0 Å². The first kappa shape index (κ1) is 21.4. The maximum absolute atomic E-state index is 12.4. The van der Waals surface area contributed by atoms with Crippen LogP contribution >= 0.6 is 0 Å². The molecule has 0 saturated heterocycles. The highest BCUT2D eigenvalue weighted by molar-refractivity contribution is 7.92. The molecule has 156 valence electrons. The highest BCUT2D eigenvalue weighted by atomic mass is 32.2. The van der Waals surface area contributed by atoms with Gasteiger partial charge in [0.1, 0.15) is 5.75 Å². The maximum atomic E-state index is 12.4. The summed E-state index contributed by atoms with van der Waals surface area (Å²) in [5.41, 5.74) is 0.861. The Morgan fingerprint density at radius 2 is 1.57 bits per heavy atom. The number of rotatable bonds is 7. The molecule has 0 aliphatic carbocycles. The first-order chi connectivity index (χ1) is 14.2. The zero-order chi connectivity index (χ0) is 21.8. The van der Waals surface area contributed by atoms with Gasteiger partial charge in [0, 0.05) is 17.6 Å².